The Bertz CT molecular complexity index is 505. The molecule has 0 radical (unpaired) electrons. The molecule has 2 aliphatic rings. The van der Waals surface area contributed by atoms with Crippen LogP contribution in [0.25, 0.3) is 0 Å². The molecule has 3 rings (SSSR count). The molecule has 2 atom stereocenters. The highest BCUT2D eigenvalue weighted by Gasteiger charge is 2.36. The van der Waals surface area contributed by atoms with Crippen LogP contribution in [0.1, 0.15) is 50.7 Å². The number of aliphatic hydroxyl groups is 1. The highest BCUT2D eigenvalue weighted by molar-refractivity contribution is 5.22. The fourth-order valence-corrected chi connectivity index (χ4v) is 4.47. The summed E-state index contributed by atoms with van der Waals surface area (Å²) in [5.74, 6) is 0. The normalized spacial score (nSPS) is 27.7. The van der Waals surface area contributed by atoms with Gasteiger partial charge < -0.3 is 10.0 Å². The van der Waals surface area contributed by atoms with E-state index < -0.39 is 0 Å². The smallest absolute Gasteiger partial charge is 0.0699 e. The van der Waals surface area contributed by atoms with Crippen molar-refractivity contribution in [2.45, 2.75) is 77.1 Å². The van der Waals surface area contributed by atoms with E-state index in [1.54, 1.807) is 0 Å². The van der Waals surface area contributed by atoms with Crippen LogP contribution in [0, 0.1) is 6.92 Å². The van der Waals surface area contributed by atoms with Gasteiger partial charge in [0.15, 0.2) is 0 Å². The van der Waals surface area contributed by atoms with Crippen LogP contribution in [0.2, 0.25) is 0 Å². The average molecular weight is 331 g/mol. The Morgan fingerprint density at radius 2 is 1.71 bits per heavy atom. The van der Waals surface area contributed by atoms with Gasteiger partial charge >= 0.3 is 0 Å². The maximum absolute atomic E-state index is 10.7. The Balaban J connectivity index is 1.67. The van der Waals surface area contributed by atoms with Crippen molar-refractivity contribution >= 4 is 0 Å². The standard InChI is InChI=1S/C21H34N2O/c1-16(2)22-13-10-19(11-14-22)23-12-4-5-21(24)20(23)15-18-8-6-17(3)7-9-18/h6-9,16,19-21,24H,4-5,10-15H2,1-3H3/t20-,21-/m0/s1. The van der Waals surface area contributed by atoms with Gasteiger partial charge in [-0.1, -0.05) is 29.8 Å². The lowest BCUT2D eigenvalue weighted by molar-refractivity contribution is -0.0289. The van der Waals surface area contributed by atoms with Gasteiger partial charge in [0.2, 0.25) is 0 Å². The third-order valence-corrected chi connectivity index (χ3v) is 6.05. The molecule has 2 aliphatic heterocycles. The van der Waals surface area contributed by atoms with Crippen molar-refractivity contribution < 1.29 is 5.11 Å². The van der Waals surface area contributed by atoms with E-state index in [0.29, 0.717) is 12.1 Å². The van der Waals surface area contributed by atoms with Crippen LogP contribution in [0.5, 0.6) is 0 Å². The molecule has 0 saturated carbocycles. The first-order chi connectivity index (χ1) is 11.5. The lowest BCUT2D eigenvalue weighted by Crippen LogP contribution is -2.56. The van der Waals surface area contributed by atoms with Crippen LogP contribution in [-0.4, -0.2) is 58.8 Å². The minimum Gasteiger partial charge on any atom is -0.391 e. The van der Waals surface area contributed by atoms with E-state index in [1.807, 2.05) is 0 Å². The molecule has 0 spiro atoms. The summed E-state index contributed by atoms with van der Waals surface area (Å²) in [4.78, 5) is 5.23. The fraction of sp³-hybridized carbons (Fsp3) is 0.714. The zero-order chi connectivity index (χ0) is 17.1. The average Bonchev–Trinajstić information content (AvgIpc) is 2.58. The van der Waals surface area contributed by atoms with Crippen LogP contribution < -0.4 is 0 Å². The summed E-state index contributed by atoms with van der Waals surface area (Å²) in [6.07, 6.45) is 5.38. The van der Waals surface area contributed by atoms with Crippen molar-refractivity contribution in [3.63, 3.8) is 0 Å². The van der Waals surface area contributed by atoms with Gasteiger partial charge in [-0.25, -0.2) is 0 Å². The Hall–Kier alpha value is -0.900. The van der Waals surface area contributed by atoms with E-state index in [2.05, 4.69) is 54.8 Å². The summed E-state index contributed by atoms with van der Waals surface area (Å²) in [5, 5.41) is 10.7. The second-order valence-electron chi connectivity index (χ2n) is 8.07. The molecular weight excluding hydrogens is 296 g/mol. The molecule has 3 heteroatoms. The fourth-order valence-electron chi connectivity index (χ4n) is 4.47. The lowest BCUT2D eigenvalue weighted by Gasteiger charge is -2.47. The van der Waals surface area contributed by atoms with Crippen molar-refractivity contribution in [3.8, 4) is 0 Å². The van der Waals surface area contributed by atoms with E-state index in [9.17, 15) is 5.11 Å². The lowest BCUT2D eigenvalue weighted by atomic mass is 9.89. The minimum absolute atomic E-state index is 0.178. The molecule has 2 saturated heterocycles. The second kappa shape index (κ2) is 7.99. The highest BCUT2D eigenvalue weighted by Crippen LogP contribution is 2.28. The first-order valence-corrected chi connectivity index (χ1v) is 9.78. The van der Waals surface area contributed by atoms with Gasteiger partial charge in [0.25, 0.3) is 0 Å². The Kier molecular flexibility index (Phi) is 5.96. The monoisotopic (exact) mass is 330 g/mol. The maximum Gasteiger partial charge on any atom is 0.0699 e. The summed E-state index contributed by atoms with van der Waals surface area (Å²) < 4.78 is 0. The van der Waals surface area contributed by atoms with E-state index >= 15 is 0 Å². The molecule has 0 aromatic heterocycles. The Morgan fingerprint density at radius 1 is 1.04 bits per heavy atom. The van der Waals surface area contributed by atoms with Crippen molar-refractivity contribution in [2.75, 3.05) is 19.6 Å². The quantitative estimate of drug-likeness (QED) is 0.918. The van der Waals surface area contributed by atoms with Gasteiger partial charge in [-0.2, -0.15) is 0 Å². The molecule has 0 amide bonds. The predicted octanol–water partition coefficient (Wildman–Crippen LogP) is 3.24. The first-order valence-electron chi connectivity index (χ1n) is 9.78. The molecule has 134 valence electrons. The number of aryl methyl sites for hydroxylation is 1. The van der Waals surface area contributed by atoms with Crippen LogP contribution >= 0.6 is 0 Å². The summed E-state index contributed by atoms with van der Waals surface area (Å²) in [6, 6.07) is 10.4. The number of likely N-dealkylation sites (tertiary alicyclic amines) is 2. The van der Waals surface area contributed by atoms with Crippen LogP contribution in [0.4, 0.5) is 0 Å². The summed E-state index contributed by atoms with van der Waals surface area (Å²) in [7, 11) is 0. The third-order valence-electron chi connectivity index (χ3n) is 6.05. The topological polar surface area (TPSA) is 26.7 Å². The van der Waals surface area contributed by atoms with Gasteiger partial charge in [0.05, 0.1) is 6.10 Å². The number of hydrogen-bond donors (Lipinski definition) is 1. The largest absolute Gasteiger partial charge is 0.391 e. The number of piperidine rings is 2. The highest BCUT2D eigenvalue weighted by atomic mass is 16.3. The van der Waals surface area contributed by atoms with E-state index in [4.69, 9.17) is 0 Å². The molecule has 2 fully saturated rings. The summed E-state index contributed by atoms with van der Waals surface area (Å²) in [6.45, 7) is 10.3. The van der Waals surface area contributed by atoms with E-state index in [1.165, 1.54) is 37.1 Å². The number of rotatable bonds is 4. The minimum atomic E-state index is -0.178. The van der Waals surface area contributed by atoms with Gasteiger partial charge in [-0.3, -0.25) is 4.90 Å². The maximum atomic E-state index is 10.7. The van der Waals surface area contributed by atoms with Crippen molar-refractivity contribution in [1.29, 1.82) is 0 Å². The SMILES string of the molecule is Cc1ccc(C[C@H]2[C@@H](O)CCCN2C2CCN(C(C)C)CC2)cc1. The number of hydrogen-bond acceptors (Lipinski definition) is 3. The van der Waals surface area contributed by atoms with Gasteiger partial charge in [0.1, 0.15) is 0 Å². The summed E-state index contributed by atoms with van der Waals surface area (Å²) in [5.41, 5.74) is 2.66. The Labute approximate surface area is 147 Å². The number of benzene rings is 1. The molecule has 24 heavy (non-hydrogen) atoms. The molecule has 0 unspecified atom stereocenters. The van der Waals surface area contributed by atoms with Crippen molar-refractivity contribution in [3.05, 3.63) is 35.4 Å². The zero-order valence-corrected chi connectivity index (χ0v) is 15.6. The molecule has 1 aromatic carbocycles. The molecule has 1 N–H and O–H groups in total. The number of nitrogens with zero attached hydrogens (tertiary/aromatic N) is 2. The molecule has 1 aromatic rings. The first kappa shape index (κ1) is 17.9. The van der Waals surface area contributed by atoms with Gasteiger partial charge in [-0.05, 0) is 78.1 Å². The van der Waals surface area contributed by atoms with Crippen LogP contribution in [0.3, 0.4) is 0 Å². The van der Waals surface area contributed by atoms with E-state index in [0.717, 1.165) is 25.8 Å². The molecular formula is C21H34N2O. The van der Waals surface area contributed by atoms with Gasteiger partial charge in [-0.15, -0.1) is 0 Å². The van der Waals surface area contributed by atoms with Crippen molar-refractivity contribution in [2.24, 2.45) is 0 Å². The van der Waals surface area contributed by atoms with Crippen LogP contribution in [0.15, 0.2) is 24.3 Å². The molecule has 2 heterocycles. The summed E-state index contributed by atoms with van der Waals surface area (Å²) >= 11 is 0. The van der Waals surface area contributed by atoms with E-state index in [-0.39, 0.29) is 12.1 Å². The second-order valence-corrected chi connectivity index (χ2v) is 8.07. The van der Waals surface area contributed by atoms with Gasteiger partial charge in [0, 0.05) is 18.1 Å². The number of aliphatic hydroxyl groups excluding tert-OH is 1. The molecule has 3 nitrogen and oxygen atoms in total. The molecule has 0 bridgehead atoms. The Morgan fingerprint density at radius 3 is 2.33 bits per heavy atom. The third kappa shape index (κ3) is 4.19. The van der Waals surface area contributed by atoms with Crippen molar-refractivity contribution in [1.82, 2.24) is 9.80 Å². The predicted molar refractivity (Wildman–Crippen MR) is 100 cm³/mol. The zero-order valence-electron chi connectivity index (χ0n) is 15.6. The van der Waals surface area contributed by atoms with Crippen LogP contribution in [-0.2, 0) is 6.42 Å². The molecule has 0 aliphatic carbocycles.